The molecule has 12 heteroatoms. The van der Waals surface area contributed by atoms with E-state index in [4.69, 9.17) is 0 Å². The van der Waals surface area contributed by atoms with E-state index in [1.165, 1.54) is 12.1 Å². The van der Waals surface area contributed by atoms with Gasteiger partial charge >= 0.3 is 0 Å². The number of aryl methyl sites for hydroxylation is 2. The summed E-state index contributed by atoms with van der Waals surface area (Å²) in [7, 11) is -3.66. The molecule has 3 N–H and O–H groups in total. The van der Waals surface area contributed by atoms with Crippen molar-refractivity contribution in [2.24, 2.45) is 5.92 Å². The van der Waals surface area contributed by atoms with E-state index in [-0.39, 0.29) is 16.6 Å². The third-order valence-electron chi connectivity index (χ3n) is 7.23. The normalized spacial score (nSPS) is 15.9. The van der Waals surface area contributed by atoms with Crippen LogP contribution >= 0.6 is 0 Å². The van der Waals surface area contributed by atoms with E-state index in [0.29, 0.717) is 60.6 Å². The van der Waals surface area contributed by atoms with Crippen molar-refractivity contribution in [1.82, 2.24) is 24.6 Å². The first-order chi connectivity index (χ1) is 20.2. The minimum atomic E-state index is -3.66. The van der Waals surface area contributed by atoms with Gasteiger partial charge in [-0.2, -0.15) is 13.7 Å². The summed E-state index contributed by atoms with van der Waals surface area (Å²) in [4.78, 5) is 12.8. The number of aromatic nitrogens is 3. The van der Waals surface area contributed by atoms with Gasteiger partial charge in [0.1, 0.15) is 11.6 Å². The van der Waals surface area contributed by atoms with Crippen LogP contribution in [0.3, 0.4) is 0 Å². The molecule has 42 heavy (non-hydrogen) atoms. The first kappa shape index (κ1) is 29.5. The highest BCUT2D eigenvalue weighted by Gasteiger charge is 2.30. The Morgan fingerprint density at radius 3 is 2.50 bits per heavy atom. The third kappa shape index (κ3) is 7.25. The molecule has 1 aliphatic rings. The number of hydrogen-bond donors (Lipinski definition) is 3. The van der Waals surface area contributed by atoms with Crippen LogP contribution in [0.1, 0.15) is 29.7 Å². The van der Waals surface area contributed by atoms with Crippen molar-refractivity contribution in [3.05, 3.63) is 95.4 Å². The number of halogens is 2. The number of sulfonamides is 1. The molecule has 1 unspecified atom stereocenters. The van der Waals surface area contributed by atoms with Crippen molar-refractivity contribution < 1.29 is 17.2 Å². The average molecular weight is 594 g/mol. The second kappa shape index (κ2) is 12.9. The molecule has 1 aliphatic heterocycles. The van der Waals surface area contributed by atoms with E-state index in [0.717, 1.165) is 18.4 Å². The fourth-order valence-corrected chi connectivity index (χ4v) is 6.47. The molecule has 5 rings (SSSR count). The zero-order valence-corrected chi connectivity index (χ0v) is 24.3. The largest absolute Gasteiger partial charge is 0.340 e. The summed E-state index contributed by atoms with van der Waals surface area (Å²) in [6.45, 7) is 5.56. The Kier molecular flexibility index (Phi) is 9.05. The van der Waals surface area contributed by atoms with Crippen molar-refractivity contribution in [2.45, 2.75) is 38.1 Å². The lowest BCUT2D eigenvalue weighted by Gasteiger charge is -2.32. The van der Waals surface area contributed by atoms with Crippen molar-refractivity contribution in [3.63, 3.8) is 0 Å². The maximum atomic E-state index is 13.6. The standard InChI is InChI=1S/C30H33F2N7O2S/c1-20-16-25(8-11-27(20)31)36-29-13-14-34-30(38-29)37-24-6-9-26(10-7-24)42(40,41)39-15-3-4-22(19-39)17-33-18-23-5-12-28(32)35-21(23)2/h5-14,16,22,33H,3-4,15,17-19H2,1-2H3,(H2,34,36,37,38). The van der Waals surface area contributed by atoms with Crippen LogP contribution in [0.4, 0.5) is 31.9 Å². The number of anilines is 4. The lowest BCUT2D eigenvalue weighted by molar-refractivity contribution is 0.260. The quantitative estimate of drug-likeness (QED) is 0.208. The van der Waals surface area contributed by atoms with Gasteiger partial charge in [-0.1, -0.05) is 6.07 Å². The van der Waals surface area contributed by atoms with Crippen LogP contribution in [0.5, 0.6) is 0 Å². The zero-order chi connectivity index (χ0) is 29.7. The summed E-state index contributed by atoms with van der Waals surface area (Å²) in [5, 5.41) is 9.60. The number of pyridine rings is 1. The molecular weight excluding hydrogens is 560 g/mol. The fourth-order valence-electron chi connectivity index (χ4n) is 4.92. The van der Waals surface area contributed by atoms with Gasteiger partial charge in [0.05, 0.1) is 4.90 Å². The molecule has 1 fully saturated rings. The molecule has 0 aliphatic carbocycles. The van der Waals surface area contributed by atoms with Crippen LogP contribution in [0.2, 0.25) is 0 Å². The van der Waals surface area contributed by atoms with Crippen LogP contribution in [0.25, 0.3) is 0 Å². The highest BCUT2D eigenvalue weighted by atomic mass is 32.2. The first-order valence-corrected chi connectivity index (χ1v) is 15.2. The summed E-state index contributed by atoms with van der Waals surface area (Å²) in [6.07, 6.45) is 3.30. The van der Waals surface area contributed by atoms with Crippen molar-refractivity contribution >= 4 is 33.2 Å². The maximum Gasteiger partial charge on any atom is 0.243 e. The number of piperidine rings is 1. The van der Waals surface area contributed by atoms with Crippen molar-refractivity contribution in [3.8, 4) is 0 Å². The molecule has 220 valence electrons. The van der Waals surface area contributed by atoms with Gasteiger partial charge in [0.25, 0.3) is 0 Å². The molecule has 9 nitrogen and oxygen atoms in total. The summed E-state index contributed by atoms with van der Waals surface area (Å²) in [5.74, 6) is 0.241. The Morgan fingerprint density at radius 1 is 0.952 bits per heavy atom. The molecule has 0 saturated carbocycles. The summed E-state index contributed by atoms with van der Waals surface area (Å²) < 4.78 is 55.2. The Labute approximate surface area is 244 Å². The Balaban J connectivity index is 1.17. The average Bonchev–Trinajstić information content (AvgIpc) is 2.97. The minimum absolute atomic E-state index is 0.167. The van der Waals surface area contributed by atoms with Gasteiger partial charge in [0.2, 0.25) is 21.9 Å². The van der Waals surface area contributed by atoms with Crippen molar-refractivity contribution in [2.75, 3.05) is 30.3 Å². The van der Waals surface area contributed by atoms with E-state index >= 15 is 0 Å². The SMILES string of the molecule is Cc1cc(Nc2ccnc(Nc3ccc(S(=O)(=O)N4CCCC(CNCc5ccc(F)nc5C)C4)cc3)n2)ccc1F. The number of hydrogen-bond acceptors (Lipinski definition) is 8. The highest BCUT2D eigenvalue weighted by Crippen LogP contribution is 2.26. The monoisotopic (exact) mass is 593 g/mol. The first-order valence-electron chi connectivity index (χ1n) is 13.7. The van der Waals surface area contributed by atoms with Gasteiger partial charge in [-0.15, -0.1) is 0 Å². The molecule has 0 amide bonds. The number of nitrogens with one attached hydrogen (secondary N) is 3. The van der Waals surface area contributed by atoms with Gasteiger partial charge in [0, 0.05) is 42.9 Å². The molecule has 3 heterocycles. The van der Waals surface area contributed by atoms with Crippen LogP contribution < -0.4 is 16.0 Å². The van der Waals surface area contributed by atoms with E-state index in [9.17, 15) is 17.2 Å². The predicted molar refractivity (Wildman–Crippen MR) is 158 cm³/mol. The van der Waals surface area contributed by atoms with Gasteiger partial charge in [-0.3, -0.25) is 0 Å². The Hall–Kier alpha value is -4.00. The number of rotatable bonds is 10. The number of nitrogens with zero attached hydrogens (tertiary/aromatic N) is 4. The van der Waals surface area contributed by atoms with Crippen LogP contribution in [0.15, 0.2) is 71.8 Å². The maximum absolute atomic E-state index is 13.6. The molecule has 4 aromatic rings. The molecule has 0 bridgehead atoms. The molecule has 0 radical (unpaired) electrons. The minimum Gasteiger partial charge on any atom is -0.340 e. The molecule has 1 saturated heterocycles. The Bertz CT molecular complexity index is 1650. The van der Waals surface area contributed by atoms with Crippen LogP contribution in [-0.4, -0.2) is 47.3 Å². The summed E-state index contributed by atoms with van der Waals surface area (Å²) >= 11 is 0. The summed E-state index contributed by atoms with van der Waals surface area (Å²) in [5.41, 5.74) is 3.42. The second-order valence-electron chi connectivity index (χ2n) is 10.4. The Morgan fingerprint density at radius 2 is 1.74 bits per heavy atom. The second-order valence-corrected chi connectivity index (χ2v) is 12.3. The smallest absolute Gasteiger partial charge is 0.243 e. The van der Waals surface area contributed by atoms with E-state index < -0.39 is 16.0 Å². The highest BCUT2D eigenvalue weighted by molar-refractivity contribution is 7.89. The predicted octanol–water partition coefficient (Wildman–Crippen LogP) is 5.44. The third-order valence-corrected chi connectivity index (χ3v) is 9.10. The molecule has 1 atom stereocenters. The van der Waals surface area contributed by atoms with Gasteiger partial charge in [-0.25, -0.2) is 22.8 Å². The van der Waals surface area contributed by atoms with Gasteiger partial charge in [0.15, 0.2) is 0 Å². The van der Waals surface area contributed by atoms with Gasteiger partial charge in [-0.05, 0) is 105 Å². The van der Waals surface area contributed by atoms with Crippen LogP contribution in [0, 0.1) is 31.5 Å². The summed E-state index contributed by atoms with van der Waals surface area (Å²) in [6, 6.07) is 16.0. The molecule has 0 spiro atoms. The van der Waals surface area contributed by atoms with Gasteiger partial charge < -0.3 is 16.0 Å². The van der Waals surface area contributed by atoms with Crippen molar-refractivity contribution in [1.29, 1.82) is 0 Å². The van der Waals surface area contributed by atoms with E-state index in [1.54, 1.807) is 72.9 Å². The van der Waals surface area contributed by atoms with E-state index in [2.05, 4.69) is 30.9 Å². The molecular formula is C30H33F2N7O2S. The molecule has 2 aromatic carbocycles. The lowest BCUT2D eigenvalue weighted by Crippen LogP contribution is -2.42. The van der Waals surface area contributed by atoms with E-state index in [1.807, 2.05) is 0 Å². The number of benzene rings is 2. The fraction of sp³-hybridized carbons (Fsp3) is 0.300. The lowest BCUT2D eigenvalue weighted by atomic mass is 9.99. The zero-order valence-electron chi connectivity index (χ0n) is 23.4. The topological polar surface area (TPSA) is 112 Å². The molecule has 2 aromatic heterocycles. The van der Waals surface area contributed by atoms with Crippen LogP contribution in [-0.2, 0) is 16.6 Å².